The van der Waals surface area contributed by atoms with Crippen LogP contribution in [-0.4, -0.2) is 59.6 Å². The summed E-state index contributed by atoms with van der Waals surface area (Å²) in [5.74, 6) is -0.819. The van der Waals surface area contributed by atoms with Crippen LogP contribution in [-0.2, 0) is 4.79 Å². The summed E-state index contributed by atoms with van der Waals surface area (Å²) in [6.45, 7) is 3.40. The highest BCUT2D eigenvalue weighted by Gasteiger charge is 2.25. The van der Waals surface area contributed by atoms with Gasteiger partial charge < -0.3 is 15.3 Å². The Morgan fingerprint density at radius 3 is 2.62 bits per heavy atom. The van der Waals surface area contributed by atoms with Gasteiger partial charge in [-0.25, -0.2) is 4.79 Å². The van der Waals surface area contributed by atoms with Crippen LogP contribution < -0.4 is 5.32 Å². The summed E-state index contributed by atoms with van der Waals surface area (Å²) in [4.78, 5) is 27.3. The molecule has 7 heteroatoms. The third-order valence-corrected chi connectivity index (χ3v) is 5.22. The van der Waals surface area contributed by atoms with Crippen molar-refractivity contribution >= 4 is 23.6 Å². The van der Waals surface area contributed by atoms with Gasteiger partial charge in [0.15, 0.2) is 0 Å². The Bertz CT molecular complexity index is 609. The van der Waals surface area contributed by atoms with E-state index >= 15 is 0 Å². The molecular formula is C19H28ClN3O3. The lowest BCUT2D eigenvalue weighted by Crippen LogP contribution is -2.42. The Morgan fingerprint density at radius 1 is 1.31 bits per heavy atom. The number of nitrogens with one attached hydrogen (secondary N) is 1. The standard InChI is InChI=1S/C19H28ClN3O3/c1-3-17(14-6-8-15(20)9-7-14)21-19(26)23-11-4-5-16(10-12-23)22(2)13-18(24)25/h6-9,16-17H,3-5,10-13H2,1-2H3,(H,21,26)(H,24,25). The van der Waals surface area contributed by atoms with E-state index in [0.717, 1.165) is 31.2 Å². The maximum atomic E-state index is 12.7. The molecule has 0 bridgehead atoms. The number of rotatable bonds is 6. The van der Waals surface area contributed by atoms with Crippen LogP contribution in [0.2, 0.25) is 5.02 Å². The molecule has 1 saturated heterocycles. The number of nitrogens with zero attached hydrogens (tertiary/aromatic N) is 2. The van der Waals surface area contributed by atoms with Gasteiger partial charge in [0, 0.05) is 24.2 Å². The van der Waals surface area contributed by atoms with Crippen molar-refractivity contribution in [1.29, 1.82) is 0 Å². The van der Waals surface area contributed by atoms with Crippen molar-refractivity contribution in [2.75, 3.05) is 26.7 Å². The zero-order valence-corrected chi connectivity index (χ0v) is 16.2. The number of carboxylic acids is 1. The maximum absolute atomic E-state index is 12.7. The van der Waals surface area contributed by atoms with Crippen LogP contribution in [0.1, 0.15) is 44.2 Å². The van der Waals surface area contributed by atoms with Gasteiger partial charge in [-0.05, 0) is 50.4 Å². The summed E-state index contributed by atoms with van der Waals surface area (Å²) in [7, 11) is 1.84. The number of carboxylic acid groups (broad SMARTS) is 1. The fourth-order valence-corrected chi connectivity index (χ4v) is 3.55. The van der Waals surface area contributed by atoms with Gasteiger partial charge in [-0.2, -0.15) is 0 Å². The van der Waals surface area contributed by atoms with E-state index in [4.69, 9.17) is 16.7 Å². The average molecular weight is 382 g/mol. The van der Waals surface area contributed by atoms with E-state index in [9.17, 15) is 9.59 Å². The molecule has 1 aliphatic heterocycles. The highest BCUT2D eigenvalue weighted by atomic mass is 35.5. The number of likely N-dealkylation sites (tertiary alicyclic amines) is 1. The molecule has 2 unspecified atom stereocenters. The van der Waals surface area contributed by atoms with Gasteiger partial charge in [0.2, 0.25) is 0 Å². The number of hydrogen-bond acceptors (Lipinski definition) is 3. The minimum absolute atomic E-state index is 0.0331. The molecule has 2 N–H and O–H groups in total. The number of carbonyl (C=O) groups excluding carboxylic acids is 1. The van der Waals surface area contributed by atoms with E-state index < -0.39 is 5.97 Å². The second-order valence-electron chi connectivity index (χ2n) is 6.84. The van der Waals surface area contributed by atoms with Crippen molar-refractivity contribution in [1.82, 2.24) is 15.1 Å². The van der Waals surface area contributed by atoms with Gasteiger partial charge in [-0.15, -0.1) is 0 Å². The molecule has 26 heavy (non-hydrogen) atoms. The molecule has 1 aromatic carbocycles. The zero-order valence-electron chi connectivity index (χ0n) is 15.4. The van der Waals surface area contributed by atoms with E-state index in [1.165, 1.54) is 0 Å². The first-order valence-corrected chi connectivity index (χ1v) is 9.51. The molecule has 0 saturated carbocycles. The van der Waals surface area contributed by atoms with Gasteiger partial charge in [0.1, 0.15) is 0 Å². The Kier molecular flexibility index (Phi) is 7.72. The second-order valence-corrected chi connectivity index (χ2v) is 7.28. The SMILES string of the molecule is CCC(NC(=O)N1CCCC(N(C)CC(=O)O)CC1)c1ccc(Cl)cc1. The van der Waals surface area contributed by atoms with Gasteiger partial charge in [-0.3, -0.25) is 9.69 Å². The third kappa shape index (κ3) is 5.88. The molecule has 2 atom stereocenters. The molecule has 0 aromatic heterocycles. The lowest BCUT2D eigenvalue weighted by Gasteiger charge is -2.27. The highest BCUT2D eigenvalue weighted by Crippen LogP contribution is 2.21. The monoisotopic (exact) mass is 381 g/mol. The summed E-state index contributed by atoms with van der Waals surface area (Å²) < 4.78 is 0. The largest absolute Gasteiger partial charge is 0.480 e. The predicted octanol–water partition coefficient (Wildman–Crippen LogP) is 3.37. The van der Waals surface area contributed by atoms with Gasteiger partial charge in [-0.1, -0.05) is 30.7 Å². The van der Waals surface area contributed by atoms with Crippen LogP contribution in [0.25, 0.3) is 0 Å². The first-order chi connectivity index (χ1) is 12.4. The van der Waals surface area contributed by atoms with Crippen molar-refractivity contribution in [3.8, 4) is 0 Å². The predicted molar refractivity (Wildman–Crippen MR) is 102 cm³/mol. The number of aliphatic carboxylic acids is 1. The van der Waals surface area contributed by atoms with Gasteiger partial charge in [0.25, 0.3) is 0 Å². The van der Waals surface area contributed by atoms with Gasteiger partial charge in [0.05, 0.1) is 12.6 Å². The van der Waals surface area contributed by atoms with Crippen molar-refractivity contribution in [3.63, 3.8) is 0 Å². The minimum atomic E-state index is -0.819. The Morgan fingerprint density at radius 2 is 2.00 bits per heavy atom. The number of amides is 2. The summed E-state index contributed by atoms with van der Waals surface area (Å²) >= 11 is 5.94. The normalized spacial score (nSPS) is 19.1. The molecule has 2 rings (SSSR count). The van der Waals surface area contributed by atoms with Crippen LogP contribution in [0.4, 0.5) is 4.79 Å². The molecule has 1 aromatic rings. The number of hydrogen-bond donors (Lipinski definition) is 2. The molecular weight excluding hydrogens is 354 g/mol. The summed E-state index contributed by atoms with van der Waals surface area (Å²) in [5, 5.41) is 12.7. The van der Waals surface area contributed by atoms with Crippen LogP contribution in [0, 0.1) is 0 Å². The fraction of sp³-hybridized carbons (Fsp3) is 0.579. The lowest BCUT2D eigenvalue weighted by molar-refractivity contribution is -0.138. The number of carbonyl (C=O) groups is 2. The molecule has 0 radical (unpaired) electrons. The number of benzene rings is 1. The summed E-state index contributed by atoms with van der Waals surface area (Å²) in [5.41, 5.74) is 1.04. The van der Waals surface area contributed by atoms with Crippen LogP contribution in [0.5, 0.6) is 0 Å². The first-order valence-electron chi connectivity index (χ1n) is 9.13. The molecule has 1 fully saturated rings. The highest BCUT2D eigenvalue weighted by molar-refractivity contribution is 6.30. The van der Waals surface area contributed by atoms with Crippen LogP contribution in [0.3, 0.4) is 0 Å². The average Bonchev–Trinajstić information content (AvgIpc) is 2.86. The van der Waals surface area contributed by atoms with Crippen molar-refractivity contribution < 1.29 is 14.7 Å². The number of halogens is 1. The van der Waals surface area contributed by atoms with Crippen LogP contribution >= 0.6 is 11.6 Å². The Hall–Kier alpha value is -1.79. The topological polar surface area (TPSA) is 72.9 Å². The molecule has 0 spiro atoms. The fourth-order valence-electron chi connectivity index (χ4n) is 3.42. The van der Waals surface area contributed by atoms with Gasteiger partial charge >= 0.3 is 12.0 Å². The third-order valence-electron chi connectivity index (χ3n) is 4.97. The maximum Gasteiger partial charge on any atom is 0.317 e. The summed E-state index contributed by atoms with van der Waals surface area (Å²) in [6.07, 6.45) is 3.36. The smallest absolute Gasteiger partial charge is 0.317 e. The quantitative estimate of drug-likeness (QED) is 0.792. The zero-order chi connectivity index (χ0) is 19.1. The van der Waals surface area contributed by atoms with E-state index in [1.807, 2.05) is 48.0 Å². The van der Waals surface area contributed by atoms with Crippen molar-refractivity contribution in [3.05, 3.63) is 34.9 Å². The first kappa shape index (κ1) is 20.5. The molecule has 144 valence electrons. The van der Waals surface area contributed by atoms with E-state index in [2.05, 4.69) is 5.32 Å². The molecule has 1 heterocycles. The number of urea groups is 1. The van der Waals surface area contributed by atoms with Crippen molar-refractivity contribution in [2.45, 2.75) is 44.7 Å². The van der Waals surface area contributed by atoms with E-state index in [1.54, 1.807) is 0 Å². The summed E-state index contributed by atoms with van der Waals surface area (Å²) in [6, 6.07) is 7.64. The number of likely N-dealkylation sites (N-methyl/N-ethyl adjacent to an activating group) is 1. The van der Waals surface area contributed by atoms with E-state index in [0.29, 0.717) is 18.1 Å². The van der Waals surface area contributed by atoms with Crippen LogP contribution in [0.15, 0.2) is 24.3 Å². The van der Waals surface area contributed by atoms with Crippen molar-refractivity contribution in [2.24, 2.45) is 0 Å². The molecule has 2 amide bonds. The molecule has 1 aliphatic rings. The lowest BCUT2D eigenvalue weighted by atomic mass is 10.1. The molecule has 6 nitrogen and oxygen atoms in total. The Balaban J connectivity index is 1.92. The molecule has 0 aliphatic carbocycles. The second kappa shape index (κ2) is 9.78. The minimum Gasteiger partial charge on any atom is -0.480 e. The Labute approximate surface area is 160 Å². The van der Waals surface area contributed by atoms with E-state index in [-0.39, 0.29) is 24.7 Å².